The number of nitrogens with zero attached hydrogens (tertiary/aromatic N) is 1. The number of benzene rings is 1. The van der Waals surface area contributed by atoms with Crippen LogP contribution in [0.1, 0.15) is 27.2 Å². The summed E-state index contributed by atoms with van der Waals surface area (Å²) in [7, 11) is 0. The predicted octanol–water partition coefficient (Wildman–Crippen LogP) is 1.21. The normalized spacial score (nSPS) is 17.8. The van der Waals surface area contributed by atoms with Crippen molar-refractivity contribution in [3.63, 3.8) is 0 Å². The highest BCUT2D eigenvalue weighted by atomic mass is 19.1. The van der Waals surface area contributed by atoms with E-state index in [-0.39, 0.29) is 48.5 Å². The van der Waals surface area contributed by atoms with Gasteiger partial charge >= 0.3 is 0 Å². The SMILES string of the molecule is CC(C)(C)NC(=O)CNC(=O)[C@@H]1CC(=O)N(c2ccccc2F)C1. The van der Waals surface area contributed by atoms with E-state index in [1.807, 2.05) is 20.8 Å². The number of anilines is 1. The predicted molar refractivity (Wildman–Crippen MR) is 87.8 cm³/mol. The largest absolute Gasteiger partial charge is 0.350 e. The molecule has 1 fully saturated rings. The maximum atomic E-state index is 13.8. The third-order valence-electron chi connectivity index (χ3n) is 3.58. The van der Waals surface area contributed by atoms with Crippen molar-refractivity contribution >= 4 is 23.4 Å². The summed E-state index contributed by atoms with van der Waals surface area (Å²) in [5, 5.41) is 5.27. The molecule has 0 unspecified atom stereocenters. The van der Waals surface area contributed by atoms with E-state index >= 15 is 0 Å². The van der Waals surface area contributed by atoms with Crippen LogP contribution in [0, 0.1) is 11.7 Å². The molecular weight excluding hydrogens is 313 g/mol. The van der Waals surface area contributed by atoms with Gasteiger partial charge in [0.25, 0.3) is 0 Å². The van der Waals surface area contributed by atoms with Crippen LogP contribution in [0.3, 0.4) is 0 Å². The number of nitrogens with one attached hydrogen (secondary N) is 2. The van der Waals surface area contributed by atoms with E-state index in [0.29, 0.717) is 0 Å². The van der Waals surface area contributed by atoms with E-state index < -0.39 is 11.7 Å². The van der Waals surface area contributed by atoms with Crippen LogP contribution in [-0.2, 0) is 14.4 Å². The number of rotatable bonds is 4. The minimum absolute atomic E-state index is 0.00105. The Bertz CT molecular complexity index is 655. The van der Waals surface area contributed by atoms with Gasteiger partial charge in [0.05, 0.1) is 18.2 Å². The molecular formula is C17H22FN3O3. The molecule has 3 amide bonds. The zero-order valence-corrected chi connectivity index (χ0v) is 14.1. The fourth-order valence-corrected chi connectivity index (χ4v) is 2.56. The molecule has 0 saturated carbocycles. The molecule has 1 heterocycles. The summed E-state index contributed by atoms with van der Waals surface area (Å²) in [6, 6.07) is 5.95. The Morgan fingerprint density at radius 2 is 1.96 bits per heavy atom. The summed E-state index contributed by atoms with van der Waals surface area (Å²) in [5.41, 5.74) is -0.212. The van der Waals surface area contributed by atoms with Crippen LogP contribution in [0.2, 0.25) is 0 Å². The Kier molecular flexibility index (Phi) is 5.21. The maximum absolute atomic E-state index is 13.8. The Morgan fingerprint density at radius 3 is 2.58 bits per heavy atom. The Hall–Kier alpha value is -2.44. The maximum Gasteiger partial charge on any atom is 0.239 e. The molecule has 1 aromatic rings. The molecule has 1 aliphatic heterocycles. The molecule has 0 aromatic heterocycles. The van der Waals surface area contributed by atoms with Crippen molar-refractivity contribution in [1.29, 1.82) is 0 Å². The number of hydrogen-bond acceptors (Lipinski definition) is 3. The average Bonchev–Trinajstić information content (AvgIpc) is 2.85. The minimum Gasteiger partial charge on any atom is -0.350 e. The van der Waals surface area contributed by atoms with E-state index in [2.05, 4.69) is 10.6 Å². The summed E-state index contributed by atoms with van der Waals surface area (Å²) in [4.78, 5) is 37.2. The zero-order valence-electron chi connectivity index (χ0n) is 14.1. The first-order valence-electron chi connectivity index (χ1n) is 7.81. The lowest BCUT2D eigenvalue weighted by molar-refractivity contribution is -0.129. The molecule has 1 aromatic carbocycles. The standard InChI is InChI=1S/C17H22FN3O3/c1-17(2,3)20-14(22)9-19-16(24)11-8-15(23)21(10-11)13-7-5-4-6-12(13)18/h4-7,11H,8-10H2,1-3H3,(H,19,24)(H,20,22)/t11-/m1/s1. The van der Waals surface area contributed by atoms with Crippen molar-refractivity contribution in [3.05, 3.63) is 30.1 Å². The summed E-state index contributed by atoms with van der Waals surface area (Å²) in [5.74, 6) is -2.09. The van der Waals surface area contributed by atoms with Gasteiger partial charge in [-0.1, -0.05) is 12.1 Å². The molecule has 1 aliphatic rings. The molecule has 0 radical (unpaired) electrons. The van der Waals surface area contributed by atoms with E-state index in [1.54, 1.807) is 6.07 Å². The number of amides is 3. The molecule has 0 bridgehead atoms. The number of hydrogen-bond donors (Lipinski definition) is 2. The quantitative estimate of drug-likeness (QED) is 0.868. The molecule has 2 N–H and O–H groups in total. The lowest BCUT2D eigenvalue weighted by Gasteiger charge is -2.21. The van der Waals surface area contributed by atoms with E-state index in [9.17, 15) is 18.8 Å². The first-order chi connectivity index (χ1) is 11.2. The average molecular weight is 335 g/mol. The Labute approximate surface area is 140 Å². The fraction of sp³-hybridized carbons (Fsp3) is 0.471. The van der Waals surface area contributed by atoms with Gasteiger partial charge in [-0.2, -0.15) is 0 Å². The highest BCUT2D eigenvalue weighted by Crippen LogP contribution is 2.27. The summed E-state index contributed by atoms with van der Waals surface area (Å²) < 4.78 is 13.8. The van der Waals surface area contributed by atoms with Crippen LogP contribution >= 0.6 is 0 Å². The van der Waals surface area contributed by atoms with Gasteiger partial charge in [-0.05, 0) is 32.9 Å². The summed E-state index contributed by atoms with van der Waals surface area (Å²) in [6.07, 6.45) is 0.00105. The number of carbonyl (C=O) groups is 3. The second-order valence-electron chi connectivity index (χ2n) is 6.87. The molecule has 24 heavy (non-hydrogen) atoms. The van der Waals surface area contributed by atoms with Gasteiger partial charge in [0.15, 0.2) is 0 Å². The van der Waals surface area contributed by atoms with Gasteiger partial charge in [0.2, 0.25) is 17.7 Å². The van der Waals surface area contributed by atoms with Crippen LogP contribution in [-0.4, -0.2) is 36.3 Å². The molecule has 2 rings (SSSR count). The molecule has 1 saturated heterocycles. The molecule has 6 nitrogen and oxygen atoms in total. The van der Waals surface area contributed by atoms with Gasteiger partial charge in [0.1, 0.15) is 5.82 Å². The van der Waals surface area contributed by atoms with E-state index in [1.165, 1.54) is 23.1 Å². The topological polar surface area (TPSA) is 78.5 Å². The third-order valence-corrected chi connectivity index (χ3v) is 3.58. The van der Waals surface area contributed by atoms with Crippen molar-refractivity contribution < 1.29 is 18.8 Å². The number of halogens is 1. The lowest BCUT2D eigenvalue weighted by atomic mass is 10.1. The summed E-state index contributed by atoms with van der Waals surface area (Å²) >= 11 is 0. The highest BCUT2D eigenvalue weighted by molar-refractivity contribution is 6.00. The molecule has 7 heteroatoms. The van der Waals surface area contributed by atoms with Crippen molar-refractivity contribution in [2.24, 2.45) is 5.92 Å². The number of para-hydroxylation sites is 1. The molecule has 1 atom stereocenters. The third kappa shape index (κ3) is 4.53. The fourth-order valence-electron chi connectivity index (χ4n) is 2.56. The second-order valence-corrected chi connectivity index (χ2v) is 6.87. The van der Waals surface area contributed by atoms with Crippen molar-refractivity contribution in [2.75, 3.05) is 18.0 Å². The minimum atomic E-state index is -0.598. The Morgan fingerprint density at radius 1 is 1.29 bits per heavy atom. The zero-order chi connectivity index (χ0) is 17.9. The second kappa shape index (κ2) is 6.98. The van der Waals surface area contributed by atoms with Crippen molar-refractivity contribution in [3.8, 4) is 0 Å². The molecule has 130 valence electrons. The van der Waals surface area contributed by atoms with E-state index in [0.717, 1.165) is 0 Å². The lowest BCUT2D eigenvalue weighted by Crippen LogP contribution is -2.46. The van der Waals surface area contributed by atoms with Gasteiger partial charge < -0.3 is 15.5 Å². The van der Waals surface area contributed by atoms with Gasteiger partial charge in [-0.25, -0.2) is 4.39 Å². The van der Waals surface area contributed by atoms with Crippen LogP contribution in [0.25, 0.3) is 0 Å². The van der Waals surface area contributed by atoms with Gasteiger partial charge in [-0.15, -0.1) is 0 Å². The Balaban J connectivity index is 1.92. The number of carbonyl (C=O) groups excluding carboxylic acids is 3. The van der Waals surface area contributed by atoms with Gasteiger partial charge in [-0.3, -0.25) is 14.4 Å². The summed E-state index contributed by atoms with van der Waals surface area (Å²) in [6.45, 7) is 5.48. The molecule has 0 aliphatic carbocycles. The van der Waals surface area contributed by atoms with Crippen LogP contribution < -0.4 is 15.5 Å². The van der Waals surface area contributed by atoms with Crippen LogP contribution in [0.5, 0.6) is 0 Å². The van der Waals surface area contributed by atoms with Gasteiger partial charge in [0, 0.05) is 18.5 Å². The van der Waals surface area contributed by atoms with E-state index in [4.69, 9.17) is 0 Å². The van der Waals surface area contributed by atoms with Crippen LogP contribution in [0.4, 0.5) is 10.1 Å². The smallest absolute Gasteiger partial charge is 0.239 e. The van der Waals surface area contributed by atoms with Crippen molar-refractivity contribution in [1.82, 2.24) is 10.6 Å². The first-order valence-corrected chi connectivity index (χ1v) is 7.81. The highest BCUT2D eigenvalue weighted by Gasteiger charge is 2.36. The monoisotopic (exact) mass is 335 g/mol. The van der Waals surface area contributed by atoms with Crippen LogP contribution in [0.15, 0.2) is 24.3 Å². The molecule has 0 spiro atoms. The first kappa shape index (κ1) is 17.9. The van der Waals surface area contributed by atoms with Crippen molar-refractivity contribution in [2.45, 2.75) is 32.7 Å².